The molecule has 0 amide bonds. The number of aromatic nitrogens is 3. The van der Waals surface area contributed by atoms with Crippen LogP contribution >= 0.6 is 11.5 Å². The van der Waals surface area contributed by atoms with E-state index in [2.05, 4.69) is 14.6 Å². The molecule has 0 atom stereocenters. The number of rotatable bonds is 5. The number of hydrogen-bond donors (Lipinski definition) is 1. The summed E-state index contributed by atoms with van der Waals surface area (Å²) in [6.07, 6.45) is 3.00. The topological polar surface area (TPSA) is 84.9 Å². The summed E-state index contributed by atoms with van der Waals surface area (Å²) in [5, 5.41) is 5.56. The summed E-state index contributed by atoms with van der Waals surface area (Å²) in [6.45, 7) is 5.50. The number of carbonyl (C=O) groups excluding carboxylic acids is 2. The van der Waals surface area contributed by atoms with Crippen molar-refractivity contribution in [2.75, 3.05) is 6.61 Å². The molecule has 2 rings (SSSR count). The second-order valence-corrected chi connectivity index (χ2v) is 4.98. The molecule has 0 saturated carbocycles. The van der Waals surface area contributed by atoms with Crippen LogP contribution in [0.2, 0.25) is 0 Å². The molecule has 0 aromatic carbocycles. The van der Waals surface area contributed by atoms with Crippen LogP contribution in [0.25, 0.3) is 6.08 Å². The number of nitrogens with zero attached hydrogens (tertiary/aromatic N) is 2. The highest BCUT2D eigenvalue weighted by molar-refractivity contribution is 7.03. The van der Waals surface area contributed by atoms with E-state index < -0.39 is 5.97 Å². The first-order chi connectivity index (χ1) is 10.0. The van der Waals surface area contributed by atoms with E-state index in [1.54, 1.807) is 32.2 Å². The summed E-state index contributed by atoms with van der Waals surface area (Å²) in [5.41, 5.74) is 2.65. The SMILES string of the molecule is CCOC(=O)c1c(C)[nH]c(C(=O)/C=C\c2csnn2)c1C. The number of ether oxygens (including phenoxy) is 1. The summed E-state index contributed by atoms with van der Waals surface area (Å²) in [6, 6.07) is 0. The molecule has 0 aliphatic heterocycles. The third-order valence-corrected chi connectivity index (χ3v) is 3.47. The van der Waals surface area contributed by atoms with Crippen LogP contribution in [0.3, 0.4) is 0 Å². The zero-order chi connectivity index (χ0) is 15.4. The number of esters is 1. The maximum absolute atomic E-state index is 12.2. The zero-order valence-electron chi connectivity index (χ0n) is 12.0. The lowest BCUT2D eigenvalue weighted by molar-refractivity contribution is 0.0525. The van der Waals surface area contributed by atoms with Crippen molar-refractivity contribution in [3.63, 3.8) is 0 Å². The number of hydrogen-bond acceptors (Lipinski definition) is 6. The smallest absolute Gasteiger partial charge is 0.340 e. The van der Waals surface area contributed by atoms with Crippen molar-refractivity contribution in [1.82, 2.24) is 14.6 Å². The third-order valence-electron chi connectivity index (χ3n) is 2.95. The van der Waals surface area contributed by atoms with E-state index in [-0.39, 0.29) is 5.78 Å². The average Bonchev–Trinajstić information content (AvgIpc) is 3.04. The maximum Gasteiger partial charge on any atom is 0.340 e. The standard InChI is InChI=1S/C14H15N3O3S/c1-4-20-14(19)12-8(2)13(15-9(12)3)11(18)6-5-10-7-21-17-16-10/h5-7,15H,4H2,1-3H3/b6-5-. The van der Waals surface area contributed by atoms with Gasteiger partial charge in [-0.2, -0.15) is 0 Å². The summed E-state index contributed by atoms with van der Waals surface area (Å²) >= 11 is 1.21. The number of H-pyrrole nitrogens is 1. The highest BCUT2D eigenvalue weighted by Gasteiger charge is 2.21. The van der Waals surface area contributed by atoms with Crippen molar-refractivity contribution in [2.24, 2.45) is 0 Å². The second kappa shape index (κ2) is 6.45. The Kier molecular flexibility index (Phi) is 4.64. The largest absolute Gasteiger partial charge is 0.462 e. The predicted octanol–water partition coefficient (Wildman–Crippen LogP) is 2.56. The van der Waals surface area contributed by atoms with Gasteiger partial charge in [-0.25, -0.2) is 4.79 Å². The van der Waals surface area contributed by atoms with Crippen LogP contribution in [0.1, 0.15) is 44.7 Å². The van der Waals surface area contributed by atoms with Crippen molar-refractivity contribution >= 4 is 29.4 Å². The van der Waals surface area contributed by atoms with Gasteiger partial charge in [-0.05, 0) is 50.0 Å². The van der Waals surface area contributed by atoms with Crippen molar-refractivity contribution < 1.29 is 14.3 Å². The molecule has 0 radical (unpaired) electrons. The minimum absolute atomic E-state index is 0.223. The predicted molar refractivity (Wildman–Crippen MR) is 79.5 cm³/mol. The van der Waals surface area contributed by atoms with E-state index in [0.29, 0.717) is 34.8 Å². The Bertz CT molecular complexity index is 687. The van der Waals surface area contributed by atoms with Crippen LogP contribution in [0.4, 0.5) is 0 Å². The first-order valence-electron chi connectivity index (χ1n) is 6.40. The molecule has 1 N–H and O–H groups in total. The maximum atomic E-state index is 12.2. The van der Waals surface area contributed by atoms with Gasteiger partial charge in [0, 0.05) is 11.1 Å². The molecule has 0 bridgehead atoms. The number of allylic oxidation sites excluding steroid dienone is 1. The van der Waals surface area contributed by atoms with E-state index in [4.69, 9.17) is 4.74 Å². The first kappa shape index (κ1) is 15.1. The van der Waals surface area contributed by atoms with E-state index in [0.717, 1.165) is 0 Å². The lowest BCUT2D eigenvalue weighted by Crippen LogP contribution is -2.07. The molecule has 0 spiro atoms. The molecule has 2 aromatic rings. The molecular weight excluding hydrogens is 290 g/mol. The van der Waals surface area contributed by atoms with E-state index in [1.807, 2.05) is 0 Å². The Morgan fingerprint density at radius 2 is 2.19 bits per heavy atom. The van der Waals surface area contributed by atoms with Crippen LogP contribution in [0.5, 0.6) is 0 Å². The molecule has 21 heavy (non-hydrogen) atoms. The van der Waals surface area contributed by atoms with Gasteiger partial charge in [0.1, 0.15) is 0 Å². The average molecular weight is 305 g/mol. The number of nitrogens with one attached hydrogen (secondary N) is 1. The lowest BCUT2D eigenvalue weighted by atomic mass is 10.1. The minimum Gasteiger partial charge on any atom is -0.462 e. The second-order valence-electron chi connectivity index (χ2n) is 4.37. The number of carbonyl (C=O) groups is 2. The van der Waals surface area contributed by atoms with Gasteiger partial charge in [-0.3, -0.25) is 4.79 Å². The lowest BCUT2D eigenvalue weighted by Gasteiger charge is -2.01. The van der Waals surface area contributed by atoms with Gasteiger partial charge in [0.05, 0.1) is 23.6 Å². The van der Waals surface area contributed by atoms with Gasteiger partial charge >= 0.3 is 5.97 Å². The van der Waals surface area contributed by atoms with Gasteiger partial charge in [0.2, 0.25) is 5.78 Å². The van der Waals surface area contributed by atoms with Crippen LogP contribution < -0.4 is 0 Å². The van der Waals surface area contributed by atoms with Crippen molar-refractivity contribution in [3.05, 3.63) is 39.7 Å². The molecule has 2 heterocycles. The molecular formula is C14H15N3O3S. The third kappa shape index (κ3) is 3.25. The molecule has 0 aliphatic rings. The van der Waals surface area contributed by atoms with E-state index in [1.165, 1.54) is 17.6 Å². The van der Waals surface area contributed by atoms with E-state index >= 15 is 0 Å². The van der Waals surface area contributed by atoms with Crippen LogP contribution in [0, 0.1) is 13.8 Å². The van der Waals surface area contributed by atoms with Crippen molar-refractivity contribution in [1.29, 1.82) is 0 Å². The number of aryl methyl sites for hydroxylation is 1. The molecule has 0 unspecified atom stereocenters. The Morgan fingerprint density at radius 1 is 1.43 bits per heavy atom. The quantitative estimate of drug-likeness (QED) is 0.521. The normalized spacial score (nSPS) is 11.0. The van der Waals surface area contributed by atoms with Crippen LogP contribution in [-0.4, -0.2) is 32.9 Å². The molecule has 0 aliphatic carbocycles. The fourth-order valence-corrected chi connectivity index (χ4v) is 2.42. The van der Waals surface area contributed by atoms with Gasteiger partial charge in [0.15, 0.2) is 0 Å². The minimum atomic E-state index is -0.421. The van der Waals surface area contributed by atoms with Crippen LogP contribution in [-0.2, 0) is 4.74 Å². The Balaban J connectivity index is 2.26. The van der Waals surface area contributed by atoms with E-state index in [9.17, 15) is 9.59 Å². The molecule has 2 aromatic heterocycles. The van der Waals surface area contributed by atoms with Crippen molar-refractivity contribution in [3.8, 4) is 0 Å². The Morgan fingerprint density at radius 3 is 2.81 bits per heavy atom. The number of ketones is 1. The van der Waals surface area contributed by atoms with Crippen molar-refractivity contribution in [2.45, 2.75) is 20.8 Å². The molecule has 110 valence electrons. The fourth-order valence-electron chi connectivity index (χ4n) is 1.99. The zero-order valence-corrected chi connectivity index (χ0v) is 12.8. The molecule has 6 nitrogen and oxygen atoms in total. The molecule has 0 fully saturated rings. The molecule has 0 saturated heterocycles. The monoisotopic (exact) mass is 305 g/mol. The van der Waals surface area contributed by atoms with Gasteiger partial charge in [0.25, 0.3) is 0 Å². The summed E-state index contributed by atoms with van der Waals surface area (Å²) in [7, 11) is 0. The fraction of sp³-hybridized carbons (Fsp3) is 0.286. The summed E-state index contributed by atoms with van der Waals surface area (Å²) in [5.74, 6) is -0.644. The Hall–Kier alpha value is -2.28. The highest BCUT2D eigenvalue weighted by Crippen LogP contribution is 2.20. The first-order valence-corrected chi connectivity index (χ1v) is 7.24. The van der Waals surface area contributed by atoms with Crippen LogP contribution in [0.15, 0.2) is 11.5 Å². The van der Waals surface area contributed by atoms with Gasteiger partial charge in [-0.1, -0.05) is 4.49 Å². The molecule has 7 heteroatoms. The summed E-state index contributed by atoms with van der Waals surface area (Å²) in [4.78, 5) is 27.0. The summed E-state index contributed by atoms with van der Waals surface area (Å²) < 4.78 is 8.71. The Labute approximate surface area is 126 Å². The van der Waals surface area contributed by atoms with Gasteiger partial charge in [-0.15, -0.1) is 5.10 Å². The number of aromatic amines is 1. The van der Waals surface area contributed by atoms with Gasteiger partial charge < -0.3 is 9.72 Å². The highest BCUT2D eigenvalue weighted by atomic mass is 32.1.